The van der Waals surface area contributed by atoms with Crippen molar-refractivity contribution >= 4 is 17.9 Å². The topological polar surface area (TPSA) is 70.2 Å². The third-order valence-electron chi connectivity index (χ3n) is 4.07. The summed E-state index contributed by atoms with van der Waals surface area (Å²) in [5, 5.41) is 0. The minimum absolute atomic E-state index is 0.145. The number of carbonyl (C=O) groups is 3. The van der Waals surface area contributed by atoms with E-state index in [1.807, 2.05) is 0 Å². The first-order valence-corrected chi connectivity index (χ1v) is 8.85. The predicted molar refractivity (Wildman–Crippen MR) is 91.9 cm³/mol. The largest absolute Gasteiger partial charge is 0.471 e. The number of rotatable bonds is 3. The van der Waals surface area contributed by atoms with Gasteiger partial charge in [0.05, 0.1) is 6.54 Å². The van der Waals surface area contributed by atoms with Gasteiger partial charge in [-0.3, -0.25) is 9.59 Å². The van der Waals surface area contributed by atoms with Crippen LogP contribution < -0.4 is 0 Å². The first-order valence-electron chi connectivity index (χ1n) is 8.85. The number of alkyl halides is 3. The van der Waals surface area contributed by atoms with Gasteiger partial charge in [-0.2, -0.15) is 13.2 Å². The van der Waals surface area contributed by atoms with Crippen molar-refractivity contribution in [3.63, 3.8) is 0 Å². The molecule has 0 aliphatic carbocycles. The van der Waals surface area contributed by atoms with E-state index in [1.54, 1.807) is 41.5 Å². The van der Waals surface area contributed by atoms with Gasteiger partial charge in [0.25, 0.3) is 0 Å². The summed E-state index contributed by atoms with van der Waals surface area (Å²) in [6, 6.07) is -1.68. The Morgan fingerprint density at radius 1 is 1.15 bits per heavy atom. The maximum atomic E-state index is 13.0. The number of likely N-dealkylation sites (N-methyl/N-ethyl adjacent to an activating group) is 1. The second-order valence-corrected chi connectivity index (χ2v) is 7.66. The molecule has 0 spiro atoms. The molecule has 7 nitrogen and oxygen atoms in total. The van der Waals surface area contributed by atoms with Crippen molar-refractivity contribution in [1.82, 2.24) is 14.7 Å². The standard InChI is InChI=1S/C17H28F3N3O4/c1-7-22(11(2)3)13(24)12-10-21(15(26)27-16(4,5)6)8-9-23(12)14(25)17(18,19)20/h11-12H,7-10H2,1-6H3. The summed E-state index contributed by atoms with van der Waals surface area (Å²) in [5.41, 5.74) is -0.789. The summed E-state index contributed by atoms with van der Waals surface area (Å²) in [5.74, 6) is -2.71. The van der Waals surface area contributed by atoms with Crippen LogP contribution in [0.4, 0.5) is 18.0 Å². The summed E-state index contributed by atoms with van der Waals surface area (Å²) in [7, 11) is 0. The maximum absolute atomic E-state index is 13.0. The van der Waals surface area contributed by atoms with Gasteiger partial charge in [-0.25, -0.2) is 4.79 Å². The average molecular weight is 395 g/mol. The molecule has 0 bridgehead atoms. The van der Waals surface area contributed by atoms with Crippen molar-refractivity contribution in [3.8, 4) is 0 Å². The zero-order valence-corrected chi connectivity index (χ0v) is 16.6. The molecule has 0 aromatic carbocycles. The van der Waals surface area contributed by atoms with Crippen LogP contribution in [0.5, 0.6) is 0 Å². The normalized spacial score (nSPS) is 18.5. The Hall–Kier alpha value is -2.00. The van der Waals surface area contributed by atoms with Crippen LogP contribution in [0.3, 0.4) is 0 Å². The third kappa shape index (κ3) is 6.00. The molecular formula is C17H28F3N3O4. The van der Waals surface area contributed by atoms with E-state index in [1.165, 1.54) is 9.80 Å². The molecule has 1 fully saturated rings. The molecule has 1 heterocycles. The quantitative estimate of drug-likeness (QED) is 0.735. The summed E-state index contributed by atoms with van der Waals surface area (Å²) in [4.78, 5) is 40.0. The fraction of sp³-hybridized carbons (Fsp3) is 0.824. The SMILES string of the molecule is CCN(C(=O)C1CN(C(=O)OC(C)(C)C)CCN1C(=O)C(F)(F)F)C(C)C. The number of hydrogen-bond acceptors (Lipinski definition) is 4. The number of nitrogens with zero attached hydrogens (tertiary/aromatic N) is 3. The molecular weight excluding hydrogens is 367 g/mol. The van der Waals surface area contributed by atoms with Crippen molar-refractivity contribution in [2.75, 3.05) is 26.2 Å². The highest BCUT2D eigenvalue weighted by Gasteiger charge is 2.49. The molecule has 3 amide bonds. The third-order valence-corrected chi connectivity index (χ3v) is 4.07. The zero-order chi connectivity index (χ0) is 21.2. The number of carbonyl (C=O) groups excluding carboxylic acids is 3. The molecule has 0 aromatic heterocycles. The molecule has 0 aromatic rings. The van der Waals surface area contributed by atoms with Crippen LogP contribution in [0.25, 0.3) is 0 Å². The molecule has 156 valence electrons. The number of piperazine rings is 1. The molecule has 1 unspecified atom stereocenters. The highest BCUT2D eigenvalue weighted by atomic mass is 19.4. The van der Waals surface area contributed by atoms with Gasteiger partial charge >= 0.3 is 18.2 Å². The van der Waals surface area contributed by atoms with E-state index in [0.29, 0.717) is 4.90 Å². The summed E-state index contributed by atoms with van der Waals surface area (Å²) < 4.78 is 44.1. The number of amides is 3. The van der Waals surface area contributed by atoms with Gasteiger partial charge in [0, 0.05) is 25.7 Å². The lowest BCUT2D eigenvalue weighted by Crippen LogP contribution is -2.64. The average Bonchev–Trinajstić information content (AvgIpc) is 2.51. The Morgan fingerprint density at radius 3 is 2.11 bits per heavy atom. The molecule has 1 aliphatic heterocycles. The van der Waals surface area contributed by atoms with Crippen molar-refractivity contribution in [1.29, 1.82) is 0 Å². The lowest BCUT2D eigenvalue weighted by Gasteiger charge is -2.43. The molecule has 27 heavy (non-hydrogen) atoms. The van der Waals surface area contributed by atoms with Gasteiger partial charge in [0.1, 0.15) is 11.6 Å². The number of hydrogen-bond donors (Lipinski definition) is 0. The molecule has 1 atom stereocenters. The van der Waals surface area contributed by atoms with Crippen LogP contribution in [0.2, 0.25) is 0 Å². The van der Waals surface area contributed by atoms with E-state index in [-0.39, 0.29) is 25.7 Å². The Balaban J connectivity index is 3.13. The fourth-order valence-corrected chi connectivity index (χ4v) is 2.86. The van der Waals surface area contributed by atoms with Crippen LogP contribution in [0, 0.1) is 0 Å². The van der Waals surface area contributed by atoms with E-state index in [9.17, 15) is 27.6 Å². The minimum atomic E-state index is -5.10. The van der Waals surface area contributed by atoms with Crippen LogP contribution in [-0.2, 0) is 14.3 Å². The highest BCUT2D eigenvalue weighted by molar-refractivity contribution is 5.91. The number of halogens is 3. The van der Waals surface area contributed by atoms with Gasteiger partial charge in [0.15, 0.2) is 0 Å². The number of ether oxygens (including phenoxy) is 1. The second kappa shape index (κ2) is 8.35. The highest BCUT2D eigenvalue weighted by Crippen LogP contribution is 2.24. The van der Waals surface area contributed by atoms with Crippen molar-refractivity contribution in [2.45, 2.75) is 65.4 Å². The van der Waals surface area contributed by atoms with E-state index >= 15 is 0 Å². The monoisotopic (exact) mass is 395 g/mol. The zero-order valence-electron chi connectivity index (χ0n) is 16.6. The molecule has 1 rings (SSSR count). The Bertz CT molecular complexity index is 573. The van der Waals surface area contributed by atoms with Crippen molar-refractivity contribution in [2.24, 2.45) is 0 Å². The lowest BCUT2D eigenvalue weighted by atomic mass is 10.1. The Kier molecular flexibility index (Phi) is 7.12. The Labute approximate surface area is 157 Å². The van der Waals surface area contributed by atoms with Crippen molar-refractivity contribution in [3.05, 3.63) is 0 Å². The van der Waals surface area contributed by atoms with Crippen LogP contribution in [0.15, 0.2) is 0 Å². The summed E-state index contributed by atoms with van der Waals surface area (Å²) in [6.45, 7) is 9.52. The summed E-state index contributed by atoms with van der Waals surface area (Å²) in [6.07, 6.45) is -5.83. The minimum Gasteiger partial charge on any atom is -0.444 e. The van der Waals surface area contributed by atoms with E-state index in [2.05, 4.69) is 0 Å². The molecule has 1 saturated heterocycles. The summed E-state index contributed by atoms with van der Waals surface area (Å²) >= 11 is 0. The molecule has 0 saturated carbocycles. The van der Waals surface area contributed by atoms with Crippen LogP contribution in [-0.4, -0.2) is 82.6 Å². The molecule has 0 N–H and O–H groups in total. The Morgan fingerprint density at radius 2 is 1.70 bits per heavy atom. The van der Waals surface area contributed by atoms with Crippen molar-refractivity contribution < 1.29 is 32.3 Å². The fourth-order valence-electron chi connectivity index (χ4n) is 2.86. The van der Waals surface area contributed by atoms with Gasteiger partial charge in [0.2, 0.25) is 5.91 Å². The van der Waals surface area contributed by atoms with Gasteiger partial charge < -0.3 is 19.4 Å². The van der Waals surface area contributed by atoms with Gasteiger partial charge in [-0.15, -0.1) is 0 Å². The van der Waals surface area contributed by atoms with Gasteiger partial charge in [-0.1, -0.05) is 0 Å². The van der Waals surface area contributed by atoms with Gasteiger partial charge in [-0.05, 0) is 41.5 Å². The first kappa shape index (κ1) is 23.0. The lowest BCUT2D eigenvalue weighted by molar-refractivity contribution is -0.191. The molecule has 1 aliphatic rings. The van der Waals surface area contributed by atoms with Crippen LogP contribution in [0.1, 0.15) is 41.5 Å². The first-order chi connectivity index (χ1) is 12.2. The molecule has 0 radical (unpaired) electrons. The second-order valence-electron chi connectivity index (χ2n) is 7.66. The van der Waals surface area contributed by atoms with E-state index in [4.69, 9.17) is 4.74 Å². The molecule has 10 heteroatoms. The van der Waals surface area contributed by atoms with E-state index < -0.39 is 42.3 Å². The van der Waals surface area contributed by atoms with Crippen LogP contribution >= 0.6 is 0 Å². The maximum Gasteiger partial charge on any atom is 0.471 e. The predicted octanol–water partition coefficient (Wildman–Crippen LogP) is 2.25. The smallest absolute Gasteiger partial charge is 0.444 e. The van der Waals surface area contributed by atoms with E-state index in [0.717, 1.165) is 0 Å².